The predicted molar refractivity (Wildman–Crippen MR) is 59.6 cm³/mol. The number of hydrogen-bond acceptors (Lipinski definition) is 3. The molecular formula is C10H8BrN3. The molecule has 0 unspecified atom stereocenters. The number of aromatic nitrogens is 2. The number of anilines is 1. The first-order valence-electron chi connectivity index (χ1n) is 4.11. The van der Waals surface area contributed by atoms with E-state index in [2.05, 4.69) is 25.9 Å². The molecule has 2 aromatic heterocycles. The lowest BCUT2D eigenvalue weighted by atomic mass is 10.2. The maximum Gasteiger partial charge on any atom is 0.129 e. The average Bonchev–Trinajstić information content (AvgIpc) is 2.23. The number of nitrogens with zero attached hydrogens (tertiary/aromatic N) is 2. The number of nitrogens with two attached hydrogens (primary N) is 1. The smallest absolute Gasteiger partial charge is 0.129 e. The van der Waals surface area contributed by atoms with Gasteiger partial charge in [0.05, 0.1) is 17.1 Å². The van der Waals surface area contributed by atoms with Gasteiger partial charge in [0, 0.05) is 6.20 Å². The monoisotopic (exact) mass is 249 g/mol. The first-order valence-corrected chi connectivity index (χ1v) is 4.90. The van der Waals surface area contributed by atoms with Crippen molar-refractivity contribution in [2.24, 2.45) is 0 Å². The van der Waals surface area contributed by atoms with Crippen LogP contribution in [0.25, 0.3) is 11.4 Å². The quantitative estimate of drug-likeness (QED) is 0.791. The Morgan fingerprint density at radius 1 is 1.07 bits per heavy atom. The minimum Gasteiger partial charge on any atom is -0.397 e. The Morgan fingerprint density at radius 2 is 1.93 bits per heavy atom. The van der Waals surface area contributed by atoms with Crippen molar-refractivity contribution in [3.63, 3.8) is 0 Å². The van der Waals surface area contributed by atoms with Gasteiger partial charge >= 0.3 is 0 Å². The highest BCUT2D eigenvalue weighted by Gasteiger charge is 2.02. The minimum atomic E-state index is 0.629. The maximum atomic E-state index is 5.64. The molecule has 2 heterocycles. The van der Waals surface area contributed by atoms with E-state index in [1.807, 2.05) is 24.3 Å². The van der Waals surface area contributed by atoms with E-state index < -0.39 is 0 Å². The highest BCUT2D eigenvalue weighted by Crippen LogP contribution is 2.21. The lowest BCUT2D eigenvalue weighted by Crippen LogP contribution is -1.92. The van der Waals surface area contributed by atoms with Gasteiger partial charge in [0.15, 0.2) is 0 Å². The van der Waals surface area contributed by atoms with Gasteiger partial charge in [-0.3, -0.25) is 4.98 Å². The lowest BCUT2D eigenvalue weighted by molar-refractivity contribution is 1.23. The van der Waals surface area contributed by atoms with Crippen LogP contribution >= 0.6 is 15.9 Å². The van der Waals surface area contributed by atoms with Crippen molar-refractivity contribution in [2.45, 2.75) is 0 Å². The summed E-state index contributed by atoms with van der Waals surface area (Å²) in [7, 11) is 0. The van der Waals surface area contributed by atoms with Crippen molar-refractivity contribution in [1.82, 2.24) is 9.97 Å². The van der Waals surface area contributed by atoms with Crippen LogP contribution < -0.4 is 5.73 Å². The molecule has 0 aromatic carbocycles. The van der Waals surface area contributed by atoms with Crippen molar-refractivity contribution in [2.75, 3.05) is 5.73 Å². The molecule has 0 radical (unpaired) electrons. The van der Waals surface area contributed by atoms with E-state index in [0.29, 0.717) is 10.3 Å². The second-order valence-electron chi connectivity index (χ2n) is 2.79. The summed E-state index contributed by atoms with van der Waals surface area (Å²) in [6.07, 6.45) is 1.74. The molecule has 0 saturated heterocycles. The van der Waals surface area contributed by atoms with Crippen molar-refractivity contribution >= 4 is 21.6 Å². The van der Waals surface area contributed by atoms with Crippen LogP contribution in [0.4, 0.5) is 5.69 Å². The van der Waals surface area contributed by atoms with E-state index >= 15 is 0 Å². The fourth-order valence-corrected chi connectivity index (χ4v) is 1.43. The number of hydrogen-bond donors (Lipinski definition) is 1. The van der Waals surface area contributed by atoms with Gasteiger partial charge in [0.2, 0.25) is 0 Å². The Balaban J connectivity index is 2.48. The van der Waals surface area contributed by atoms with Crippen LogP contribution in [0.5, 0.6) is 0 Å². The first-order chi connectivity index (χ1) is 6.77. The Labute approximate surface area is 90.1 Å². The van der Waals surface area contributed by atoms with E-state index in [0.717, 1.165) is 11.4 Å². The molecule has 0 spiro atoms. The molecule has 0 fully saturated rings. The van der Waals surface area contributed by atoms with Crippen LogP contribution in [0, 0.1) is 0 Å². The van der Waals surface area contributed by atoms with Crippen molar-refractivity contribution in [3.8, 4) is 11.4 Å². The van der Waals surface area contributed by atoms with Crippen molar-refractivity contribution in [1.29, 1.82) is 0 Å². The highest BCUT2D eigenvalue weighted by molar-refractivity contribution is 9.10. The number of rotatable bonds is 1. The van der Waals surface area contributed by atoms with Gasteiger partial charge in [-0.1, -0.05) is 6.07 Å². The second-order valence-corrected chi connectivity index (χ2v) is 3.54. The first kappa shape index (κ1) is 9.15. The fourth-order valence-electron chi connectivity index (χ4n) is 1.10. The SMILES string of the molecule is Nc1ccc(-c2ccccn2)nc1Br. The average molecular weight is 250 g/mol. The third-order valence-electron chi connectivity index (χ3n) is 1.80. The number of nitrogen functional groups attached to an aromatic ring is 1. The van der Waals surface area contributed by atoms with E-state index in [1.54, 1.807) is 12.3 Å². The predicted octanol–water partition coefficient (Wildman–Crippen LogP) is 2.49. The summed E-state index contributed by atoms with van der Waals surface area (Å²) < 4.78 is 0.653. The third kappa shape index (κ3) is 1.75. The zero-order valence-electron chi connectivity index (χ0n) is 7.31. The Kier molecular flexibility index (Phi) is 2.45. The van der Waals surface area contributed by atoms with E-state index in [9.17, 15) is 0 Å². The van der Waals surface area contributed by atoms with Gasteiger partial charge in [-0.25, -0.2) is 4.98 Å². The van der Waals surface area contributed by atoms with Gasteiger partial charge in [-0.15, -0.1) is 0 Å². The van der Waals surface area contributed by atoms with Crippen LogP contribution in [0.15, 0.2) is 41.1 Å². The molecule has 0 aliphatic heterocycles. The molecule has 0 amide bonds. The summed E-state index contributed by atoms with van der Waals surface area (Å²) in [5.41, 5.74) is 7.92. The van der Waals surface area contributed by atoms with E-state index in [4.69, 9.17) is 5.73 Å². The van der Waals surface area contributed by atoms with Crippen molar-refractivity contribution in [3.05, 3.63) is 41.1 Å². The van der Waals surface area contributed by atoms with Crippen LogP contribution in [0.2, 0.25) is 0 Å². The zero-order valence-corrected chi connectivity index (χ0v) is 8.90. The molecule has 3 nitrogen and oxygen atoms in total. The molecular weight excluding hydrogens is 242 g/mol. The maximum absolute atomic E-state index is 5.64. The van der Waals surface area contributed by atoms with Gasteiger partial charge in [0.1, 0.15) is 4.60 Å². The fraction of sp³-hybridized carbons (Fsp3) is 0. The van der Waals surface area contributed by atoms with E-state index in [1.165, 1.54) is 0 Å². The van der Waals surface area contributed by atoms with Crippen molar-refractivity contribution < 1.29 is 0 Å². The Hall–Kier alpha value is -1.42. The number of halogens is 1. The molecule has 2 rings (SSSR count). The Bertz CT molecular complexity index is 442. The molecule has 4 heteroatoms. The van der Waals surface area contributed by atoms with Gasteiger partial charge in [0.25, 0.3) is 0 Å². The molecule has 0 saturated carbocycles. The largest absolute Gasteiger partial charge is 0.397 e. The van der Waals surface area contributed by atoms with Gasteiger partial charge < -0.3 is 5.73 Å². The molecule has 0 atom stereocenters. The second kappa shape index (κ2) is 3.75. The summed E-state index contributed by atoms with van der Waals surface area (Å²) in [6.45, 7) is 0. The van der Waals surface area contributed by atoms with Crippen LogP contribution in [-0.4, -0.2) is 9.97 Å². The Morgan fingerprint density at radius 3 is 2.57 bits per heavy atom. The lowest BCUT2D eigenvalue weighted by Gasteiger charge is -2.01. The molecule has 14 heavy (non-hydrogen) atoms. The summed E-state index contributed by atoms with van der Waals surface area (Å²) in [4.78, 5) is 8.47. The summed E-state index contributed by atoms with van der Waals surface area (Å²) in [5.74, 6) is 0. The number of pyridine rings is 2. The molecule has 0 bridgehead atoms. The summed E-state index contributed by atoms with van der Waals surface area (Å²) in [6, 6.07) is 9.36. The topological polar surface area (TPSA) is 51.8 Å². The molecule has 2 aromatic rings. The van der Waals surface area contributed by atoms with Crippen LogP contribution in [-0.2, 0) is 0 Å². The molecule has 0 aliphatic rings. The summed E-state index contributed by atoms with van der Waals surface area (Å²) in [5, 5.41) is 0. The van der Waals surface area contributed by atoms with Gasteiger partial charge in [-0.2, -0.15) is 0 Å². The van der Waals surface area contributed by atoms with Crippen LogP contribution in [0.3, 0.4) is 0 Å². The van der Waals surface area contributed by atoms with Gasteiger partial charge in [-0.05, 0) is 40.2 Å². The zero-order chi connectivity index (χ0) is 9.97. The highest BCUT2D eigenvalue weighted by atomic mass is 79.9. The molecule has 70 valence electrons. The summed E-state index contributed by atoms with van der Waals surface area (Å²) >= 11 is 3.28. The molecule has 0 aliphatic carbocycles. The van der Waals surface area contributed by atoms with E-state index in [-0.39, 0.29) is 0 Å². The normalized spacial score (nSPS) is 10.1. The minimum absolute atomic E-state index is 0.629. The van der Waals surface area contributed by atoms with Crippen LogP contribution in [0.1, 0.15) is 0 Å². The third-order valence-corrected chi connectivity index (χ3v) is 2.44. The standard InChI is InChI=1S/C10H8BrN3/c11-10-7(12)4-5-9(14-10)8-3-1-2-6-13-8/h1-6H,12H2. The molecule has 2 N–H and O–H groups in total.